The van der Waals surface area contributed by atoms with E-state index in [0.717, 1.165) is 25.7 Å². The first-order valence-corrected chi connectivity index (χ1v) is 8.98. The number of halogens is 2. The molecule has 2 saturated heterocycles. The Morgan fingerprint density at radius 3 is 2.80 bits per heavy atom. The SMILES string of the molecule is O=C([C@@H]1CCCO1)N1CCC([C@@H]2C[C@H](C(F)F)n3ncnc3N2)CC1. The molecule has 0 aromatic carbocycles. The summed E-state index contributed by atoms with van der Waals surface area (Å²) >= 11 is 0. The second kappa shape index (κ2) is 6.86. The van der Waals surface area contributed by atoms with Crippen molar-refractivity contribution in [3.63, 3.8) is 0 Å². The summed E-state index contributed by atoms with van der Waals surface area (Å²) in [5.74, 6) is 0.748. The van der Waals surface area contributed by atoms with E-state index in [1.807, 2.05) is 4.90 Å². The van der Waals surface area contributed by atoms with Crippen molar-refractivity contribution in [1.29, 1.82) is 0 Å². The third kappa shape index (κ3) is 3.21. The van der Waals surface area contributed by atoms with E-state index in [4.69, 9.17) is 4.74 Å². The Morgan fingerprint density at radius 2 is 2.12 bits per heavy atom. The molecule has 9 heteroatoms. The minimum absolute atomic E-state index is 0.0596. The number of nitrogens with zero attached hydrogens (tertiary/aromatic N) is 4. The average molecular weight is 355 g/mol. The van der Waals surface area contributed by atoms with Crippen LogP contribution >= 0.6 is 0 Å². The molecule has 3 aliphatic rings. The third-order valence-corrected chi connectivity index (χ3v) is 5.61. The van der Waals surface area contributed by atoms with Gasteiger partial charge in [-0.15, -0.1) is 0 Å². The summed E-state index contributed by atoms with van der Waals surface area (Å²) in [4.78, 5) is 18.3. The predicted octanol–water partition coefficient (Wildman–Crippen LogP) is 1.69. The van der Waals surface area contributed by atoms with E-state index >= 15 is 0 Å². The summed E-state index contributed by atoms with van der Waals surface area (Å²) in [5.41, 5.74) is 0. The number of aromatic nitrogens is 3. The highest BCUT2D eigenvalue weighted by molar-refractivity contribution is 5.81. The molecule has 7 nitrogen and oxygen atoms in total. The largest absolute Gasteiger partial charge is 0.368 e. The van der Waals surface area contributed by atoms with E-state index in [-0.39, 0.29) is 24.0 Å². The van der Waals surface area contributed by atoms with Gasteiger partial charge in [0.1, 0.15) is 18.5 Å². The van der Waals surface area contributed by atoms with Crippen molar-refractivity contribution in [3.8, 4) is 0 Å². The van der Waals surface area contributed by atoms with Crippen molar-refractivity contribution in [1.82, 2.24) is 19.7 Å². The molecule has 0 bridgehead atoms. The summed E-state index contributed by atoms with van der Waals surface area (Å²) in [5, 5.41) is 7.17. The molecule has 1 N–H and O–H groups in total. The summed E-state index contributed by atoms with van der Waals surface area (Å²) in [6.45, 7) is 1.98. The Hall–Kier alpha value is -1.77. The highest BCUT2D eigenvalue weighted by Crippen LogP contribution is 2.35. The topological polar surface area (TPSA) is 72.3 Å². The molecule has 0 saturated carbocycles. The van der Waals surface area contributed by atoms with E-state index in [2.05, 4.69) is 15.4 Å². The van der Waals surface area contributed by atoms with Crippen LogP contribution in [-0.4, -0.2) is 63.8 Å². The number of hydrogen-bond donors (Lipinski definition) is 1. The maximum absolute atomic E-state index is 13.4. The van der Waals surface area contributed by atoms with Crippen LogP contribution in [0.3, 0.4) is 0 Å². The molecule has 3 aliphatic heterocycles. The number of likely N-dealkylation sites (tertiary alicyclic amines) is 1. The van der Waals surface area contributed by atoms with Gasteiger partial charge in [0.15, 0.2) is 0 Å². The van der Waals surface area contributed by atoms with Gasteiger partial charge in [-0.1, -0.05) is 0 Å². The van der Waals surface area contributed by atoms with Crippen LogP contribution in [0.2, 0.25) is 0 Å². The smallest absolute Gasteiger partial charge is 0.260 e. The molecule has 1 aromatic rings. The van der Waals surface area contributed by atoms with Crippen molar-refractivity contribution < 1.29 is 18.3 Å². The van der Waals surface area contributed by atoms with Gasteiger partial charge in [0, 0.05) is 25.7 Å². The molecule has 4 rings (SSSR count). The molecule has 1 aromatic heterocycles. The van der Waals surface area contributed by atoms with Gasteiger partial charge >= 0.3 is 0 Å². The number of carbonyl (C=O) groups is 1. The Balaban J connectivity index is 1.37. The maximum atomic E-state index is 13.4. The van der Waals surface area contributed by atoms with Crippen LogP contribution in [0.25, 0.3) is 0 Å². The Morgan fingerprint density at radius 1 is 1.32 bits per heavy atom. The fourth-order valence-electron chi connectivity index (χ4n) is 4.20. The zero-order chi connectivity index (χ0) is 17.4. The minimum atomic E-state index is -2.47. The summed E-state index contributed by atoms with van der Waals surface area (Å²) in [6, 6.07) is -0.994. The lowest BCUT2D eigenvalue weighted by Crippen LogP contribution is -2.48. The third-order valence-electron chi connectivity index (χ3n) is 5.61. The zero-order valence-corrected chi connectivity index (χ0v) is 14.0. The van der Waals surface area contributed by atoms with Crippen LogP contribution in [0.4, 0.5) is 14.7 Å². The van der Waals surface area contributed by atoms with Gasteiger partial charge in [-0.3, -0.25) is 4.79 Å². The van der Waals surface area contributed by atoms with E-state index in [1.54, 1.807) is 0 Å². The van der Waals surface area contributed by atoms with Crippen LogP contribution in [0, 0.1) is 5.92 Å². The maximum Gasteiger partial charge on any atom is 0.260 e. The first-order chi connectivity index (χ1) is 12.1. The number of nitrogens with one attached hydrogen (secondary N) is 1. The van der Waals surface area contributed by atoms with E-state index < -0.39 is 12.5 Å². The quantitative estimate of drug-likeness (QED) is 0.893. The van der Waals surface area contributed by atoms with Crippen LogP contribution in [0.1, 0.15) is 38.1 Å². The molecule has 0 spiro atoms. The number of carbonyl (C=O) groups excluding carboxylic acids is 1. The summed E-state index contributed by atoms with van der Waals surface area (Å²) in [6.07, 6.45) is 2.24. The van der Waals surface area contributed by atoms with Crippen LogP contribution in [0.15, 0.2) is 6.33 Å². The molecule has 0 aliphatic carbocycles. The number of anilines is 1. The van der Waals surface area contributed by atoms with Crippen molar-refractivity contribution in [2.45, 2.75) is 56.7 Å². The second-order valence-electron chi connectivity index (χ2n) is 7.08. The standard InChI is InChI=1S/C16H23F2N5O2/c17-14(18)12-8-11(21-16-19-9-20-23(12)16)10-3-5-22(6-4-10)15(24)13-2-1-7-25-13/h9-14H,1-8H2,(H,19,20,21)/t11-,12+,13-/m0/s1. The number of ether oxygens (including phenoxy) is 1. The minimum Gasteiger partial charge on any atom is -0.368 e. The number of piperidine rings is 1. The lowest BCUT2D eigenvalue weighted by atomic mass is 9.85. The highest BCUT2D eigenvalue weighted by Gasteiger charge is 2.39. The van der Waals surface area contributed by atoms with Gasteiger partial charge in [0.05, 0.1) is 0 Å². The predicted molar refractivity (Wildman–Crippen MR) is 85.4 cm³/mol. The van der Waals surface area contributed by atoms with E-state index in [9.17, 15) is 13.6 Å². The lowest BCUT2D eigenvalue weighted by Gasteiger charge is -2.40. The lowest BCUT2D eigenvalue weighted by molar-refractivity contribution is -0.142. The number of hydrogen-bond acceptors (Lipinski definition) is 5. The average Bonchev–Trinajstić information content (AvgIpc) is 3.31. The molecular formula is C16H23F2N5O2. The van der Waals surface area contributed by atoms with Gasteiger partial charge in [-0.25, -0.2) is 13.5 Å². The molecule has 138 valence electrons. The number of rotatable bonds is 3. The van der Waals surface area contributed by atoms with Crippen LogP contribution in [0.5, 0.6) is 0 Å². The monoisotopic (exact) mass is 355 g/mol. The van der Waals surface area contributed by atoms with E-state index in [0.29, 0.717) is 32.1 Å². The van der Waals surface area contributed by atoms with Crippen molar-refractivity contribution >= 4 is 11.9 Å². The van der Waals surface area contributed by atoms with Crippen LogP contribution in [-0.2, 0) is 9.53 Å². The molecule has 4 heterocycles. The highest BCUT2D eigenvalue weighted by atomic mass is 19.3. The number of fused-ring (bicyclic) bond motifs is 1. The first kappa shape index (κ1) is 16.7. The Labute approximate surface area is 144 Å². The van der Waals surface area contributed by atoms with Gasteiger partial charge in [-0.05, 0) is 38.0 Å². The van der Waals surface area contributed by atoms with Crippen molar-refractivity contribution in [3.05, 3.63) is 6.33 Å². The molecule has 1 amide bonds. The number of amides is 1. The second-order valence-corrected chi connectivity index (χ2v) is 7.08. The van der Waals surface area contributed by atoms with Gasteiger partial charge in [0.2, 0.25) is 5.95 Å². The van der Waals surface area contributed by atoms with Crippen LogP contribution < -0.4 is 5.32 Å². The number of alkyl halides is 2. The molecule has 0 unspecified atom stereocenters. The van der Waals surface area contributed by atoms with E-state index in [1.165, 1.54) is 11.0 Å². The Bertz CT molecular complexity index is 611. The van der Waals surface area contributed by atoms with Gasteiger partial charge < -0.3 is 15.0 Å². The zero-order valence-electron chi connectivity index (χ0n) is 14.0. The first-order valence-electron chi connectivity index (χ1n) is 8.98. The summed E-state index contributed by atoms with van der Waals surface area (Å²) in [7, 11) is 0. The van der Waals surface area contributed by atoms with Crippen molar-refractivity contribution in [2.24, 2.45) is 5.92 Å². The van der Waals surface area contributed by atoms with Gasteiger partial charge in [-0.2, -0.15) is 10.1 Å². The summed E-state index contributed by atoms with van der Waals surface area (Å²) < 4.78 is 33.5. The normalized spacial score (nSPS) is 30.4. The Kier molecular flexibility index (Phi) is 4.58. The molecule has 3 atom stereocenters. The molecule has 0 radical (unpaired) electrons. The molecule has 2 fully saturated rings. The fraction of sp³-hybridized carbons (Fsp3) is 0.812. The van der Waals surface area contributed by atoms with Crippen molar-refractivity contribution in [2.75, 3.05) is 25.0 Å². The molecule has 25 heavy (non-hydrogen) atoms. The fourth-order valence-corrected chi connectivity index (χ4v) is 4.20. The van der Waals surface area contributed by atoms with Gasteiger partial charge in [0.25, 0.3) is 12.3 Å². The molecular weight excluding hydrogens is 332 g/mol.